The fourth-order valence-electron chi connectivity index (χ4n) is 1.21. The highest BCUT2D eigenvalue weighted by atomic mass is 35.5. The number of carbonyl (C=O) groups excluding carboxylic acids is 1. The number of hydrogen-bond acceptors (Lipinski definition) is 4. The quantitative estimate of drug-likeness (QED) is 0.615. The molecular weight excluding hydrogens is 244 g/mol. The second kappa shape index (κ2) is 5.46. The van der Waals surface area contributed by atoms with E-state index in [4.69, 9.17) is 11.6 Å². The summed E-state index contributed by atoms with van der Waals surface area (Å²) in [6.07, 6.45) is 2.45. The van der Waals surface area contributed by atoms with E-state index >= 15 is 0 Å². The summed E-state index contributed by atoms with van der Waals surface area (Å²) in [5.74, 6) is -0.148. The third-order valence-corrected chi connectivity index (χ3v) is 3.51. The minimum absolute atomic E-state index is 0.148. The smallest absolute Gasteiger partial charge is 0.217 e. The molecule has 88 valence electrons. The van der Waals surface area contributed by atoms with Gasteiger partial charge in [0.05, 0.1) is 15.6 Å². The second-order valence-corrected chi connectivity index (χ2v) is 5.14. The summed E-state index contributed by atoms with van der Waals surface area (Å²) in [5, 5.41) is 1.19. The Hall–Kier alpha value is -0.870. The van der Waals surface area contributed by atoms with Crippen molar-refractivity contribution in [2.45, 2.75) is 20.3 Å². The first kappa shape index (κ1) is 13.2. The number of halogens is 1. The highest BCUT2D eigenvalue weighted by Gasteiger charge is 2.17. The summed E-state index contributed by atoms with van der Waals surface area (Å²) in [6.45, 7) is 3.85. The molecule has 1 rings (SSSR count). The number of rotatable bonds is 4. The molecule has 0 saturated heterocycles. The SMILES string of the molecule is CCc1nc(C)c(C(=O)/C(Cl)=C\N(C)C)s1. The van der Waals surface area contributed by atoms with Crippen molar-refractivity contribution in [3.63, 3.8) is 0 Å². The van der Waals surface area contributed by atoms with Crippen LogP contribution in [0.15, 0.2) is 11.2 Å². The number of nitrogens with zero attached hydrogens (tertiary/aromatic N) is 2. The number of carbonyl (C=O) groups is 1. The van der Waals surface area contributed by atoms with E-state index in [0.29, 0.717) is 4.88 Å². The molecule has 0 amide bonds. The summed E-state index contributed by atoms with van der Waals surface area (Å²) in [7, 11) is 3.65. The van der Waals surface area contributed by atoms with Crippen molar-refractivity contribution >= 4 is 28.7 Å². The van der Waals surface area contributed by atoms with Crippen LogP contribution in [0.1, 0.15) is 27.3 Å². The fourth-order valence-corrected chi connectivity index (χ4v) is 2.51. The van der Waals surface area contributed by atoms with Crippen molar-refractivity contribution in [1.82, 2.24) is 9.88 Å². The third-order valence-electron chi connectivity index (χ3n) is 1.94. The minimum atomic E-state index is -0.148. The van der Waals surface area contributed by atoms with E-state index in [2.05, 4.69) is 4.98 Å². The summed E-state index contributed by atoms with van der Waals surface area (Å²) in [4.78, 5) is 18.7. The van der Waals surface area contributed by atoms with Crippen molar-refractivity contribution in [2.24, 2.45) is 0 Å². The largest absolute Gasteiger partial charge is 0.382 e. The Bertz CT molecular complexity index is 424. The van der Waals surface area contributed by atoms with Crippen molar-refractivity contribution in [3.8, 4) is 0 Å². The van der Waals surface area contributed by atoms with E-state index in [1.165, 1.54) is 11.3 Å². The molecule has 0 saturated carbocycles. The Morgan fingerprint density at radius 1 is 1.56 bits per heavy atom. The van der Waals surface area contributed by atoms with Crippen LogP contribution in [0.4, 0.5) is 0 Å². The maximum absolute atomic E-state index is 12.0. The molecule has 1 aromatic rings. The number of allylic oxidation sites excluding steroid dienone is 1. The van der Waals surface area contributed by atoms with E-state index in [-0.39, 0.29) is 10.8 Å². The molecular formula is C11H15ClN2OS. The van der Waals surface area contributed by atoms with E-state index in [0.717, 1.165) is 17.1 Å². The van der Waals surface area contributed by atoms with E-state index in [9.17, 15) is 4.79 Å². The molecule has 16 heavy (non-hydrogen) atoms. The van der Waals surface area contributed by atoms with Gasteiger partial charge < -0.3 is 4.90 Å². The summed E-state index contributed by atoms with van der Waals surface area (Å²) < 4.78 is 0. The van der Waals surface area contributed by atoms with Gasteiger partial charge in [-0.3, -0.25) is 4.79 Å². The van der Waals surface area contributed by atoms with Crippen LogP contribution in [-0.2, 0) is 6.42 Å². The molecule has 0 atom stereocenters. The zero-order valence-electron chi connectivity index (χ0n) is 9.87. The van der Waals surface area contributed by atoms with Crippen LogP contribution >= 0.6 is 22.9 Å². The first-order chi connectivity index (χ1) is 7.45. The highest BCUT2D eigenvalue weighted by Crippen LogP contribution is 2.23. The molecule has 0 aliphatic carbocycles. The van der Waals surface area contributed by atoms with Gasteiger partial charge in [0, 0.05) is 20.3 Å². The van der Waals surface area contributed by atoms with Crippen LogP contribution in [0.5, 0.6) is 0 Å². The molecule has 0 fully saturated rings. The standard InChI is InChI=1S/C11H15ClN2OS/c1-5-9-13-7(2)11(16-9)10(15)8(12)6-14(3)4/h6H,5H2,1-4H3/b8-6+. The molecule has 0 aromatic carbocycles. The van der Waals surface area contributed by atoms with Gasteiger partial charge in [0.1, 0.15) is 5.03 Å². The van der Waals surface area contributed by atoms with Crippen LogP contribution in [-0.4, -0.2) is 29.8 Å². The molecule has 0 bridgehead atoms. The molecule has 0 N–H and O–H groups in total. The summed E-state index contributed by atoms with van der Waals surface area (Å²) in [6, 6.07) is 0. The number of thiazole rings is 1. The van der Waals surface area contributed by atoms with Gasteiger partial charge in [-0.25, -0.2) is 4.98 Å². The average Bonchev–Trinajstić information content (AvgIpc) is 2.57. The van der Waals surface area contributed by atoms with Crippen molar-refractivity contribution < 1.29 is 4.79 Å². The first-order valence-electron chi connectivity index (χ1n) is 5.00. The molecule has 0 aliphatic rings. The molecule has 0 aliphatic heterocycles. The zero-order chi connectivity index (χ0) is 12.3. The predicted molar refractivity (Wildman–Crippen MR) is 68.2 cm³/mol. The molecule has 0 unspecified atom stereocenters. The van der Waals surface area contributed by atoms with Gasteiger partial charge >= 0.3 is 0 Å². The Balaban J connectivity index is 3.00. The lowest BCUT2D eigenvalue weighted by atomic mass is 10.2. The number of Topliss-reactive ketones (excluding diaryl/α,β-unsaturated/α-hetero) is 1. The van der Waals surface area contributed by atoms with Gasteiger partial charge in [0.15, 0.2) is 0 Å². The van der Waals surface area contributed by atoms with Crippen molar-refractivity contribution in [1.29, 1.82) is 0 Å². The molecule has 5 heteroatoms. The van der Waals surface area contributed by atoms with Crippen LogP contribution < -0.4 is 0 Å². The van der Waals surface area contributed by atoms with E-state index in [1.807, 2.05) is 27.9 Å². The average molecular weight is 259 g/mol. The van der Waals surface area contributed by atoms with Gasteiger partial charge in [0.2, 0.25) is 5.78 Å². The normalized spacial score (nSPS) is 11.7. The van der Waals surface area contributed by atoms with E-state index < -0.39 is 0 Å². The lowest BCUT2D eigenvalue weighted by Gasteiger charge is -2.05. The van der Waals surface area contributed by atoms with Gasteiger partial charge in [-0.2, -0.15) is 0 Å². The minimum Gasteiger partial charge on any atom is -0.382 e. The topological polar surface area (TPSA) is 33.2 Å². The van der Waals surface area contributed by atoms with E-state index in [1.54, 1.807) is 11.1 Å². The Kier molecular flexibility index (Phi) is 4.50. The zero-order valence-corrected chi connectivity index (χ0v) is 11.4. The molecule has 0 radical (unpaired) electrons. The van der Waals surface area contributed by atoms with Crippen molar-refractivity contribution in [3.05, 3.63) is 26.8 Å². The third kappa shape index (κ3) is 3.06. The maximum Gasteiger partial charge on any atom is 0.217 e. The van der Waals surface area contributed by atoms with Crippen LogP contribution in [0, 0.1) is 6.92 Å². The Labute approximate surface area is 105 Å². The van der Waals surface area contributed by atoms with Gasteiger partial charge in [-0.05, 0) is 13.3 Å². The number of ketones is 1. The first-order valence-corrected chi connectivity index (χ1v) is 6.19. The van der Waals surface area contributed by atoms with Gasteiger partial charge in [-0.1, -0.05) is 18.5 Å². The lowest BCUT2D eigenvalue weighted by Crippen LogP contribution is -2.06. The van der Waals surface area contributed by atoms with Gasteiger partial charge in [0.25, 0.3) is 0 Å². The van der Waals surface area contributed by atoms with Crippen LogP contribution in [0.3, 0.4) is 0 Å². The number of hydrogen-bond donors (Lipinski definition) is 0. The molecule has 0 spiro atoms. The number of aromatic nitrogens is 1. The van der Waals surface area contributed by atoms with Crippen molar-refractivity contribution in [2.75, 3.05) is 14.1 Å². The molecule has 1 aromatic heterocycles. The van der Waals surface area contributed by atoms with Gasteiger partial charge in [-0.15, -0.1) is 11.3 Å². The fraction of sp³-hybridized carbons (Fsp3) is 0.455. The predicted octanol–water partition coefficient (Wildman–Crippen LogP) is 2.84. The monoisotopic (exact) mass is 258 g/mol. The Morgan fingerprint density at radius 3 is 2.62 bits per heavy atom. The summed E-state index contributed by atoms with van der Waals surface area (Å²) in [5.41, 5.74) is 0.761. The van der Waals surface area contributed by atoms with Crippen LogP contribution in [0.2, 0.25) is 0 Å². The molecule has 1 heterocycles. The number of aryl methyl sites for hydroxylation is 2. The lowest BCUT2D eigenvalue weighted by molar-refractivity contribution is 0.104. The second-order valence-electron chi connectivity index (χ2n) is 3.65. The maximum atomic E-state index is 12.0. The Morgan fingerprint density at radius 2 is 2.19 bits per heavy atom. The van der Waals surface area contributed by atoms with Crippen LogP contribution in [0.25, 0.3) is 0 Å². The summed E-state index contributed by atoms with van der Waals surface area (Å²) >= 11 is 7.35. The highest BCUT2D eigenvalue weighted by molar-refractivity contribution is 7.14. The molecule has 3 nitrogen and oxygen atoms in total.